The van der Waals surface area contributed by atoms with Crippen molar-refractivity contribution in [2.45, 2.75) is 76.3 Å². The zero-order valence-corrected chi connectivity index (χ0v) is 16.4. The summed E-state index contributed by atoms with van der Waals surface area (Å²) in [5.41, 5.74) is 0.704. The molecule has 1 aromatic carbocycles. The molecule has 2 aliphatic carbocycles. The third kappa shape index (κ3) is 5.91. The predicted molar refractivity (Wildman–Crippen MR) is 107 cm³/mol. The minimum absolute atomic E-state index is 0.0673. The van der Waals surface area contributed by atoms with Gasteiger partial charge in [0.05, 0.1) is 0 Å². The van der Waals surface area contributed by atoms with Gasteiger partial charge in [-0.2, -0.15) is 0 Å². The molecule has 28 heavy (non-hydrogen) atoms. The Morgan fingerprint density at radius 3 is 2.00 bits per heavy atom. The van der Waals surface area contributed by atoms with Crippen molar-refractivity contribution in [3.63, 3.8) is 0 Å². The molecule has 0 aromatic heterocycles. The van der Waals surface area contributed by atoms with Gasteiger partial charge >= 0.3 is 5.97 Å². The van der Waals surface area contributed by atoms with Gasteiger partial charge in [0, 0.05) is 18.2 Å². The predicted octanol–water partition coefficient (Wildman–Crippen LogP) is 4.88. The van der Waals surface area contributed by atoms with Crippen molar-refractivity contribution in [2.24, 2.45) is 0 Å². The van der Waals surface area contributed by atoms with Gasteiger partial charge in [-0.05, 0) is 49.5 Å². The van der Waals surface area contributed by atoms with Crippen molar-refractivity contribution in [2.75, 3.05) is 6.61 Å². The number of benzene rings is 1. The number of esters is 1. The van der Waals surface area contributed by atoms with Crippen LogP contribution in [0.15, 0.2) is 30.3 Å². The average Bonchev–Trinajstić information content (AvgIpc) is 2.73. The summed E-state index contributed by atoms with van der Waals surface area (Å²) in [5.74, 6) is -0.942. The zero-order valence-electron chi connectivity index (χ0n) is 16.4. The third-order valence-corrected chi connectivity index (χ3v) is 5.84. The van der Waals surface area contributed by atoms with Crippen LogP contribution in [0.25, 0.3) is 6.08 Å². The number of halogens is 1. The van der Waals surface area contributed by atoms with Gasteiger partial charge in [-0.25, -0.2) is 9.18 Å². The van der Waals surface area contributed by atoms with E-state index >= 15 is 0 Å². The summed E-state index contributed by atoms with van der Waals surface area (Å²) >= 11 is 0. The van der Waals surface area contributed by atoms with E-state index in [1.165, 1.54) is 56.7 Å². The first kappa shape index (κ1) is 20.6. The van der Waals surface area contributed by atoms with Crippen molar-refractivity contribution in [3.8, 4) is 0 Å². The van der Waals surface area contributed by atoms with Crippen LogP contribution < -0.4 is 0 Å². The molecule has 0 N–H and O–H groups in total. The number of rotatable bonds is 6. The molecule has 0 saturated heterocycles. The Bertz CT molecular complexity index is 656. The lowest BCUT2D eigenvalue weighted by atomic mass is 9.88. The molecule has 1 aromatic rings. The topological polar surface area (TPSA) is 46.6 Å². The lowest BCUT2D eigenvalue weighted by Gasteiger charge is -2.41. The molecular weight excluding hydrogens is 357 g/mol. The first-order valence-corrected chi connectivity index (χ1v) is 10.5. The summed E-state index contributed by atoms with van der Waals surface area (Å²) in [6.07, 6.45) is 14.2. The fraction of sp³-hybridized carbons (Fsp3) is 0.565. The Morgan fingerprint density at radius 2 is 1.46 bits per heavy atom. The summed E-state index contributed by atoms with van der Waals surface area (Å²) in [5, 5.41) is 0. The van der Waals surface area contributed by atoms with Crippen LogP contribution >= 0.6 is 0 Å². The highest BCUT2D eigenvalue weighted by Gasteiger charge is 2.32. The molecule has 1 amide bonds. The molecule has 2 saturated carbocycles. The molecule has 0 unspecified atom stereocenters. The molecule has 0 radical (unpaired) electrons. The van der Waals surface area contributed by atoms with Crippen LogP contribution in [0.4, 0.5) is 4.39 Å². The van der Waals surface area contributed by atoms with E-state index in [2.05, 4.69) is 4.90 Å². The second-order valence-electron chi connectivity index (χ2n) is 7.88. The Hall–Kier alpha value is -2.17. The maximum atomic E-state index is 12.9. The van der Waals surface area contributed by atoms with Crippen LogP contribution in [0.1, 0.15) is 69.8 Å². The fourth-order valence-electron chi connectivity index (χ4n) is 4.42. The van der Waals surface area contributed by atoms with Gasteiger partial charge in [-0.15, -0.1) is 0 Å². The number of carbonyl (C=O) groups excluding carboxylic acids is 2. The van der Waals surface area contributed by atoms with Crippen molar-refractivity contribution in [3.05, 3.63) is 41.7 Å². The van der Waals surface area contributed by atoms with E-state index in [-0.39, 0.29) is 30.4 Å². The quantitative estimate of drug-likeness (QED) is 0.516. The van der Waals surface area contributed by atoms with Crippen molar-refractivity contribution in [1.82, 2.24) is 4.90 Å². The first-order valence-electron chi connectivity index (χ1n) is 10.5. The lowest BCUT2D eigenvalue weighted by Crippen LogP contribution is -2.50. The van der Waals surface area contributed by atoms with Crippen LogP contribution in [0, 0.1) is 5.82 Å². The van der Waals surface area contributed by atoms with E-state index in [9.17, 15) is 14.0 Å². The van der Waals surface area contributed by atoms with Gasteiger partial charge in [0.15, 0.2) is 6.61 Å². The first-order chi connectivity index (χ1) is 13.6. The van der Waals surface area contributed by atoms with E-state index in [0.29, 0.717) is 5.56 Å². The SMILES string of the molecule is O=C(C=Cc1ccc(F)cc1)OCC(=O)N(C1CCCCC1)C1CCCCC1. The molecule has 5 heteroatoms. The van der Waals surface area contributed by atoms with Gasteiger partial charge in [0.1, 0.15) is 5.82 Å². The number of nitrogens with zero attached hydrogens (tertiary/aromatic N) is 1. The molecule has 2 fully saturated rings. The van der Waals surface area contributed by atoms with Gasteiger partial charge < -0.3 is 9.64 Å². The van der Waals surface area contributed by atoms with Crippen LogP contribution in [0.5, 0.6) is 0 Å². The third-order valence-electron chi connectivity index (χ3n) is 5.84. The van der Waals surface area contributed by atoms with Gasteiger partial charge in [0.2, 0.25) is 0 Å². The second-order valence-corrected chi connectivity index (χ2v) is 7.88. The van der Waals surface area contributed by atoms with E-state index in [4.69, 9.17) is 4.74 Å². The molecule has 0 aliphatic heterocycles. The Balaban J connectivity index is 1.56. The largest absolute Gasteiger partial charge is 0.452 e. The maximum Gasteiger partial charge on any atom is 0.331 e. The molecule has 0 heterocycles. The highest BCUT2D eigenvalue weighted by molar-refractivity contribution is 5.89. The van der Waals surface area contributed by atoms with Crippen LogP contribution in [0.2, 0.25) is 0 Å². The summed E-state index contributed by atoms with van der Waals surface area (Å²) in [6, 6.07) is 6.41. The molecule has 0 bridgehead atoms. The van der Waals surface area contributed by atoms with Crippen LogP contribution in [-0.4, -0.2) is 35.5 Å². The Labute approximate surface area is 166 Å². The molecule has 4 nitrogen and oxygen atoms in total. The summed E-state index contributed by atoms with van der Waals surface area (Å²) in [7, 11) is 0. The highest BCUT2D eigenvalue weighted by Crippen LogP contribution is 2.30. The number of hydrogen-bond acceptors (Lipinski definition) is 3. The van der Waals surface area contributed by atoms with Crippen LogP contribution in [-0.2, 0) is 14.3 Å². The van der Waals surface area contributed by atoms with Crippen LogP contribution in [0.3, 0.4) is 0 Å². The summed E-state index contributed by atoms with van der Waals surface area (Å²) in [6.45, 7) is -0.209. The fourth-order valence-corrected chi connectivity index (χ4v) is 4.42. The van der Waals surface area contributed by atoms with E-state index in [1.807, 2.05) is 0 Å². The molecule has 2 aliphatic rings. The Morgan fingerprint density at radius 1 is 0.929 bits per heavy atom. The zero-order chi connectivity index (χ0) is 19.8. The standard InChI is InChI=1S/C23H30FNO3/c24-19-14-11-18(12-15-19)13-16-23(27)28-17-22(26)25(20-7-3-1-4-8-20)21-9-5-2-6-10-21/h11-16,20-21H,1-10,17H2. The normalized spacial score (nSPS) is 18.9. The number of hydrogen-bond donors (Lipinski definition) is 0. The minimum Gasteiger partial charge on any atom is -0.452 e. The van der Waals surface area contributed by atoms with E-state index in [1.54, 1.807) is 18.2 Å². The van der Waals surface area contributed by atoms with Crippen molar-refractivity contribution in [1.29, 1.82) is 0 Å². The summed E-state index contributed by atoms with van der Waals surface area (Å²) < 4.78 is 18.1. The smallest absolute Gasteiger partial charge is 0.331 e. The van der Waals surface area contributed by atoms with Gasteiger partial charge in [-0.1, -0.05) is 50.7 Å². The summed E-state index contributed by atoms with van der Waals surface area (Å²) in [4.78, 5) is 27.0. The number of ether oxygens (including phenoxy) is 1. The average molecular weight is 387 g/mol. The Kier molecular flexibility index (Phi) is 7.63. The monoisotopic (exact) mass is 387 g/mol. The molecule has 0 spiro atoms. The van der Waals surface area contributed by atoms with Crippen molar-refractivity contribution < 1.29 is 18.7 Å². The van der Waals surface area contributed by atoms with E-state index in [0.717, 1.165) is 25.7 Å². The van der Waals surface area contributed by atoms with Crippen molar-refractivity contribution >= 4 is 18.0 Å². The molecule has 152 valence electrons. The molecule has 0 atom stereocenters. The van der Waals surface area contributed by atoms with Gasteiger partial charge in [-0.3, -0.25) is 4.79 Å². The second kappa shape index (κ2) is 10.4. The number of amides is 1. The minimum atomic E-state index is -0.551. The lowest BCUT2D eigenvalue weighted by molar-refractivity contribution is -0.152. The van der Waals surface area contributed by atoms with Gasteiger partial charge in [0.25, 0.3) is 5.91 Å². The van der Waals surface area contributed by atoms with E-state index < -0.39 is 5.97 Å². The number of carbonyl (C=O) groups is 2. The molecule has 3 rings (SSSR count). The molecular formula is C23H30FNO3. The maximum absolute atomic E-state index is 12.9. The highest BCUT2D eigenvalue weighted by atomic mass is 19.1.